The highest BCUT2D eigenvalue weighted by atomic mass is 16.1. The third-order valence-corrected chi connectivity index (χ3v) is 9.89. The number of ketones is 2. The maximum Gasteiger partial charge on any atom is 0.156 e. The van der Waals surface area contributed by atoms with Crippen LogP contribution >= 0.6 is 0 Å². The molecule has 5 rings (SSSR count). The van der Waals surface area contributed by atoms with Crippen LogP contribution in [0, 0.1) is 29.1 Å². The van der Waals surface area contributed by atoms with Crippen molar-refractivity contribution in [1.82, 2.24) is 0 Å². The summed E-state index contributed by atoms with van der Waals surface area (Å²) >= 11 is 0. The van der Waals surface area contributed by atoms with Crippen LogP contribution in [0.2, 0.25) is 0 Å². The second kappa shape index (κ2) is 9.13. The molecule has 2 saturated carbocycles. The van der Waals surface area contributed by atoms with Gasteiger partial charge in [0.25, 0.3) is 0 Å². The number of carbonyl (C=O) groups is 2. The van der Waals surface area contributed by atoms with Crippen molar-refractivity contribution in [1.29, 1.82) is 0 Å². The number of rotatable bonds is 6. The summed E-state index contributed by atoms with van der Waals surface area (Å²) in [6.45, 7) is 4.23. The van der Waals surface area contributed by atoms with E-state index in [-0.39, 0.29) is 11.3 Å². The fourth-order valence-corrected chi connectivity index (χ4v) is 8.12. The first kappa shape index (κ1) is 23.6. The van der Waals surface area contributed by atoms with Gasteiger partial charge in [-0.3, -0.25) is 9.59 Å². The summed E-state index contributed by atoms with van der Waals surface area (Å²) in [4.78, 5) is 27.0. The topological polar surface area (TPSA) is 37.4 Å². The molecular formula is C31H41NO2. The summed E-state index contributed by atoms with van der Waals surface area (Å²) in [5.74, 6) is 2.72. The first-order valence-corrected chi connectivity index (χ1v) is 13.5. The van der Waals surface area contributed by atoms with E-state index in [4.69, 9.17) is 0 Å². The minimum absolute atomic E-state index is 0.172. The molecule has 34 heavy (non-hydrogen) atoms. The average Bonchev–Trinajstić information content (AvgIpc) is 3.17. The van der Waals surface area contributed by atoms with Crippen LogP contribution in [0.5, 0.6) is 0 Å². The van der Waals surface area contributed by atoms with E-state index in [1.165, 1.54) is 29.7 Å². The SMILES string of the molecule is CC(=O)[C@H]1CC[C@H]2[C@@H]3C[C@H](CCCc4ccc(N(C)C)cc4)C4=CC(=O)CCC4=C3CC[C@]12C. The van der Waals surface area contributed by atoms with Gasteiger partial charge in [-0.15, -0.1) is 0 Å². The van der Waals surface area contributed by atoms with Gasteiger partial charge in [0.1, 0.15) is 5.78 Å². The van der Waals surface area contributed by atoms with Crippen molar-refractivity contribution in [3.8, 4) is 0 Å². The number of aryl methyl sites for hydroxylation is 1. The van der Waals surface area contributed by atoms with E-state index in [1.807, 2.05) is 13.0 Å². The molecule has 0 aromatic heterocycles. The van der Waals surface area contributed by atoms with Gasteiger partial charge < -0.3 is 4.90 Å². The standard InChI is InChI=1S/C31H41NO2/c1-20(33)29-14-15-30-28-18-22(7-5-6-21-8-10-23(11-9-21)32(3)4)27-19-24(34)12-13-25(27)26(28)16-17-31(29,30)2/h8-11,19,22,28-30H,5-7,12-18H2,1-4H3/t22-,28+,29+,30-,31+/m0/s1. The van der Waals surface area contributed by atoms with Crippen LogP contribution in [0.3, 0.4) is 0 Å². The third kappa shape index (κ3) is 4.10. The van der Waals surface area contributed by atoms with Gasteiger partial charge in [-0.05, 0) is 123 Å². The lowest BCUT2D eigenvalue weighted by atomic mass is 9.54. The Labute approximate surface area is 205 Å². The molecule has 4 aliphatic carbocycles. The van der Waals surface area contributed by atoms with Crippen molar-refractivity contribution in [2.45, 2.75) is 78.1 Å². The quantitative estimate of drug-likeness (QED) is 0.474. The Kier molecular flexibility index (Phi) is 6.33. The molecule has 1 aromatic rings. The van der Waals surface area contributed by atoms with Crippen LogP contribution in [0.1, 0.15) is 77.2 Å². The van der Waals surface area contributed by atoms with Gasteiger partial charge in [-0.2, -0.15) is 0 Å². The number of benzene rings is 1. The smallest absolute Gasteiger partial charge is 0.156 e. The number of anilines is 1. The Balaban J connectivity index is 1.36. The molecule has 5 atom stereocenters. The number of hydrogen-bond donors (Lipinski definition) is 0. The van der Waals surface area contributed by atoms with Crippen molar-refractivity contribution in [3.63, 3.8) is 0 Å². The molecule has 0 spiro atoms. The zero-order valence-electron chi connectivity index (χ0n) is 21.5. The number of nitrogens with zero attached hydrogens (tertiary/aromatic N) is 1. The molecule has 0 unspecified atom stereocenters. The molecule has 0 saturated heterocycles. The van der Waals surface area contributed by atoms with Gasteiger partial charge in [0.15, 0.2) is 5.78 Å². The highest BCUT2D eigenvalue weighted by Gasteiger charge is 2.55. The van der Waals surface area contributed by atoms with Gasteiger partial charge in [-0.1, -0.05) is 24.6 Å². The van der Waals surface area contributed by atoms with Gasteiger partial charge in [0.2, 0.25) is 0 Å². The molecule has 0 radical (unpaired) electrons. The van der Waals surface area contributed by atoms with Crippen molar-refractivity contribution in [2.24, 2.45) is 29.1 Å². The Morgan fingerprint density at radius 1 is 1.09 bits per heavy atom. The number of carbonyl (C=O) groups excluding carboxylic acids is 2. The van der Waals surface area contributed by atoms with E-state index in [2.05, 4.69) is 50.2 Å². The zero-order chi connectivity index (χ0) is 24.0. The van der Waals surface area contributed by atoms with Crippen LogP contribution in [0.15, 0.2) is 47.1 Å². The highest BCUT2D eigenvalue weighted by molar-refractivity contribution is 5.93. The van der Waals surface area contributed by atoms with E-state index in [0.717, 1.165) is 44.9 Å². The first-order chi connectivity index (χ1) is 16.3. The Hall–Kier alpha value is -2.16. The second-order valence-corrected chi connectivity index (χ2v) is 11.9. The fraction of sp³-hybridized carbons (Fsp3) is 0.613. The van der Waals surface area contributed by atoms with Gasteiger partial charge in [0.05, 0.1) is 0 Å². The largest absolute Gasteiger partial charge is 0.378 e. The molecule has 0 amide bonds. The predicted octanol–water partition coefficient (Wildman–Crippen LogP) is 6.71. The van der Waals surface area contributed by atoms with Crippen LogP contribution in [0.4, 0.5) is 5.69 Å². The van der Waals surface area contributed by atoms with Gasteiger partial charge >= 0.3 is 0 Å². The lowest BCUT2D eigenvalue weighted by molar-refractivity contribution is -0.125. The predicted molar refractivity (Wildman–Crippen MR) is 139 cm³/mol. The minimum atomic E-state index is 0.172. The molecule has 182 valence electrons. The molecule has 3 heteroatoms. The number of hydrogen-bond acceptors (Lipinski definition) is 3. The molecule has 0 N–H and O–H groups in total. The van der Waals surface area contributed by atoms with Crippen molar-refractivity contribution >= 4 is 17.3 Å². The normalized spacial score (nSPS) is 32.6. The fourth-order valence-electron chi connectivity index (χ4n) is 8.12. The molecule has 2 fully saturated rings. The second-order valence-electron chi connectivity index (χ2n) is 11.9. The summed E-state index contributed by atoms with van der Waals surface area (Å²) in [5.41, 5.74) is 7.41. The van der Waals surface area contributed by atoms with Crippen molar-refractivity contribution in [3.05, 3.63) is 52.6 Å². The van der Waals surface area contributed by atoms with E-state index in [1.54, 1.807) is 11.1 Å². The van der Waals surface area contributed by atoms with Crippen LogP contribution in [-0.4, -0.2) is 25.7 Å². The molecule has 0 aliphatic heterocycles. The highest BCUT2D eigenvalue weighted by Crippen LogP contribution is 2.63. The summed E-state index contributed by atoms with van der Waals surface area (Å²) in [6, 6.07) is 8.94. The average molecular weight is 460 g/mol. The molecule has 4 aliphatic rings. The monoisotopic (exact) mass is 459 g/mol. The van der Waals surface area contributed by atoms with Gasteiger partial charge in [-0.25, -0.2) is 0 Å². The molecular weight excluding hydrogens is 418 g/mol. The van der Waals surface area contributed by atoms with E-state index >= 15 is 0 Å². The van der Waals surface area contributed by atoms with E-state index < -0.39 is 0 Å². The Bertz CT molecular complexity index is 1030. The van der Waals surface area contributed by atoms with Crippen LogP contribution in [0.25, 0.3) is 0 Å². The van der Waals surface area contributed by atoms with Crippen LogP contribution in [-0.2, 0) is 16.0 Å². The minimum Gasteiger partial charge on any atom is -0.378 e. The van der Waals surface area contributed by atoms with Crippen molar-refractivity contribution in [2.75, 3.05) is 19.0 Å². The molecule has 0 heterocycles. The number of fused-ring (bicyclic) bond motifs is 4. The lowest BCUT2D eigenvalue weighted by Gasteiger charge is -2.50. The summed E-state index contributed by atoms with van der Waals surface area (Å²) in [7, 11) is 4.16. The molecule has 0 bridgehead atoms. The van der Waals surface area contributed by atoms with Crippen molar-refractivity contribution < 1.29 is 9.59 Å². The summed E-state index contributed by atoms with van der Waals surface area (Å²) in [5, 5.41) is 0. The van der Waals surface area contributed by atoms with Crippen LogP contribution < -0.4 is 4.90 Å². The molecule has 1 aromatic carbocycles. The lowest BCUT2D eigenvalue weighted by Crippen LogP contribution is -2.43. The maximum atomic E-state index is 12.5. The summed E-state index contributed by atoms with van der Waals surface area (Å²) < 4.78 is 0. The first-order valence-electron chi connectivity index (χ1n) is 13.5. The Morgan fingerprint density at radius 3 is 2.56 bits per heavy atom. The Morgan fingerprint density at radius 2 is 1.85 bits per heavy atom. The maximum absolute atomic E-state index is 12.5. The number of Topliss-reactive ketones (excluding diaryl/α,β-unsaturated/α-hetero) is 1. The van der Waals surface area contributed by atoms with Gasteiger partial charge in [0, 0.05) is 32.1 Å². The van der Waals surface area contributed by atoms with E-state index in [0.29, 0.717) is 35.7 Å². The molecule has 3 nitrogen and oxygen atoms in total. The third-order valence-electron chi connectivity index (χ3n) is 9.89. The van der Waals surface area contributed by atoms with E-state index in [9.17, 15) is 9.59 Å². The zero-order valence-corrected chi connectivity index (χ0v) is 21.5. The summed E-state index contributed by atoms with van der Waals surface area (Å²) in [6.07, 6.45) is 12.8. The number of allylic oxidation sites excluding steroid dienone is 4.